The molecule has 10 heteroatoms. The van der Waals surface area contributed by atoms with E-state index in [1.807, 2.05) is 30.3 Å². The summed E-state index contributed by atoms with van der Waals surface area (Å²) in [6.07, 6.45) is -4.44. The first-order chi connectivity index (χ1) is 17.1. The zero-order valence-corrected chi connectivity index (χ0v) is 18.5. The molecule has 4 aromatic rings. The molecule has 2 N–H and O–H groups in total. The van der Waals surface area contributed by atoms with Gasteiger partial charge in [-0.1, -0.05) is 54.6 Å². The molecule has 0 aliphatic rings. The molecule has 0 saturated carbocycles. The van der Waals surface area contributed by atoms with Gasteiger partial charge in [-0.15, -0.1) is 0 Å². The van der Waals surface area contributed by atoms with Crippen LogP contribution in [0.15, 0.2) is 85.1 Å². The van der Waals surface area contributed by atoms with Crippen molar-refractivity contribution in [2.45, 2.75) is 18.6 Å². The Morgan fingerprint density at radius 3 is 2.11 bits per heavy atom. The summed E-state index contributed by atoms with van der Waals surface area (Å²) in [5.41, 5.74) is 0.0697. The van der Waals surface area contributed by atoms with E-state index < -0.39 is 41.2 Å². The molecule has 0 unspecified atom stereocenters. The third kappa shape index (κ3) is 5.43. The van der Waals surface area contributed by atoms with Gasteiger partial charge in [-0.25, -0.2) is 13.9 Å². The maximum absolute atomic E-state index is 13.9. The lowest BCUT2D eigenvalue weighted by molar-refractivity contribution is -0.143. The SMILES string of the molecule is O=C(N[C@@H](Cc1ccc(-c2ccccc2)cc1)C(=O)O)c1cnn(-c2ccc(F)cc2)c1C(F)(F)F. The van der Waals surface area contributed by atoms with E-state index in [4.69, 9.17) is 0 Å². The van der Waals surface area contributed by atoms with Crippen LogP contribution >= 0.6 is 0 Å². The van der Waals surface area contributed by atoms with Crippen LogP contribution in [0, 0.1) is 5.82 Å². The molecule has 3 aromatic carbocycles. The Balaban J connectivity index is 1.56. The number of aliphatic carboxylic acids is 1. The van der Waals surface area contributed by atoms with E-state index in [9.17, 15) is 32.3 Å². The normalized spacial score (nSPS) is 12.2. The van der Waals surface area contributed by atoms with Crippen molar-refractivity contribution in [2.75, 3.05) is 0 Å². The van der Waals surface area contributed by atoms with Crippen molar-refractivity contribution in [1.82, 2.24) is 15.1 Å². The fourth-order valence-corrected chi connectivity index (χ4v) is 3.70. The number of nitrogens with zero attached hydrogens (tertiary/aromatic N) is 2. The van der Waals surface area contributed by atoms with E-state index in [0.29, 0.717) is 16.4 Å². The van der Waals surface area contributed by atoms with Crippen LogP contribution in [0.3, 0.4) is 0 Å². The van der Waals surface area contributed by atoms with Crippen molar-refractivity contribution in [3.63, 3.8) is 0 Å². The third-order valence-corrected chi connectivity index (χ3v) is 5.46. The van der Waals surface area contributed by atoms with Gasteiger partial charge in [-0.2, -0.15) is 18.3 Å². The molecular weight excluding hydrogens is 478 g/mol. The highest BCUT2D eigenvalue weighted by Crippen LogP contribution is 2.33. The summed E-state index contributed by atoms with van der Waals surface area (Å²) in [6, 6.07) is 19.0. The summed E-state index contributed by atoms with van der Waals surface area (Å²) in [7, 11) is 0. The van der Waals surface area contributed by atoms with Gasteiger partial charge in [0, 0.05) is 6.42 Å². The average molecular weight is 497 g/mol. The monoisotopic (exact) mass is 497 g/mol. The predicted octanol–water partition coefficient (Wildman–Crippen LogP) is 5.12. The second-order valence-corrected chi connectivity index (χ2v) is 7.92. The topological polar surface area (TPSA) is 84.2 Å². The van der Waals surface area contributed by atoms with E-state index in [-0.39, 0.29) is 12.1 Å². The van der Waals surface area contributed by atoms with Gasteiger partial charge in [0.2, 0.25) is 0 Å². The van der Waals surface area contributed by atoms with E-state index in [1.54, 1.807) is 24.3 Å². The van der Waals surface area contributed by atoms with E-state index >= 15 is 0 Å². The smallest absolute Gasteiger partial charge is 0.434 e. The molecule has 1 amide bonds. The molecule has 0 aliphatic heterocycles. The molecule has 0 spiro atoms. The lowest BCUT2D eigenvalue weighted by Gasteiger charge is -2.16. The molecule has 1 heterocycles. The first-order valence-corrected chi connectivity index (χ1v) is 10.7. The fraction of sp³-hybridized carbons (Fsp3) is 0.115. The summed E-state index contributed by atoms with van der Waals surface area (Å²) >= 11 is 0. The average Bonchev–Trinajstić information content (AvgIpc) is 3.31. The van der Waals surface area contributed by atoms with Crippen molar-refractivity contribution in [3.05, 3.63) is 108 Å². The molecule has 0 fully saturated rings. The Kier molecular flexibility index (Phi) is 6.86. The first kappa shape index (κ1) is 24.6. The molecule has 1 atom stereocenters. The Morgan fingerprint density at radius 1 is 0.917 bits per heavy atom. The number of nitrogens with one attached hydrogen (secondary N) is 1. The quantitative estimate of drug-likeness (QED) is 0.347. The van der Waals surface area contributed by atoms with Crippen molar-refractivity contribution in [2.24, 2.45) is 0 Å². The van der Waals surface area contributed by atoms with E-state index in [0.717, 1.165) is 35.4 Å². The largest absolute Gasteiger partial charge is 0.480 e. The highest BCUT2D eigenvalue weighted by molar-refractivity contribution is 5.97. The molecule has 0 aliphatic carbocycles. The van der Waals surface area contributed by atoms with Crippen LogP contribution in [0.5, 0.6) is 0 Å². The first-order valence-electron chi connectivity index (χ1n) is 10.7. The number of carboxylic acids is 1. The summed E-state index contributed by atoms with van der Waals surface area (Å²) in [6.45, 7) is 0. The maximum atomic E-state index is 13.9. The van der Waals surface area contributed by atoms with Crippen molar-refractivity contribution in [1.29, 1.82) is 0 Å². The zero-order valence-electron chi connectivity index (χ0n) is 18.5. The van der Waals surface area contributed by atoms with Gasteiger partial charge in [-0.3, -0.25) is 4.79 Å². The number of alkyl halides is 3. The Bertz CT molecular complexity index is 1370. The van der Waals surface area contributed by atoms with Crippen LogP contribution in [0.2, 0.25) is 0 Å². The number of hydrogen-bond donors (Lipinski definition) is 2. The van der Waals surface area contributed by atoms with Crippen molar-refractivity contribution >= 4 is 11.9 Å². The molecule has 0 saturated heterocycles. The number of halogens is 4. The molecule has 4 rings (SSSR count). The minimum Gasteiger partial charge on any atom is -0.480 e. The number of rotatable bonds is 7. The molecule has 0 bridgehead atoms. The van der Waals surface area contributed by atoms with Gasteiger partial charge < -0.3 is 10.4 Å². The molecule has 6 nitrogen and oxygen atoms in total. The van der Waals surface area contributed by atoms with Crippen LogP contribution in [-0.2, 0) is 17.4 Å². The Hall–Kier alpha value is -4.47. The predicted molar refractivity (Wildman–Crippen MR) is 123 cm³/mol. The molecular formula is C26H19F4N3O3. The molecule has 36 heavy (non-hydrogen) atoms. The van der Waals surface area contributed by atoms with Gasteiger partial charge in [-0.05, 0) is 41.0 Å². The number of carbonyl (C=O) groups excluding carboxylic acids is 1. The van der Waals surface area contributed by atoms with Gasteiger partial charge in [0.15, 0.2) is 5.69 Å². The van der Waals surface area contributed by atoms with Gasteiger partial charge in [0.25, 0.3) is 5.91 Å². The summed E-state index contributed by atoms with van der Waals surface area (Å²) in [5, 5.41) is 15.4. The standard InChI is InChI=1S/C26H19F4N3O3/c27-19-10-12-20(13-11-19)33-23(26(28,29)30)21(15-31-33)24(34)32-22(25(35)36)14-16-6-8-18(9-7-16)17-4-2-1-3-5-17/h1-13,15,22H,14H2,(H,32,34)(H,35,36)/t22-/m0/s1. The number of hydrogen-bond acceptors (Lipinski definition) is 3. The lowest BCUT2D eigenvalue weighted by atomic mass is 10.0. The van der Waals surface area contributed by atoms with Crippen LogP contribution < -0.4 is 5.32 Å². The minimum atomic E-state index is -5.00. The van der Waals surface area contributed by atoms with E-state index in [1.165, 1.54) is 0 Å². The number of benzene rings is 3. The summed E-state index contributed by atoms with van der Waals surface area (Å²) < 4.78 is 55.2. The number of aromatic nitrogens is 2. The molecule has 1 aromatic heterocycles. The second-order valence-electron chi connectivity index (χ2n) is 7.92. The van der Waals surface area contributed by atoms with Crippen LogP contribution in [0.1, 0.15) is 21.6 Å². The fourth-order valence-electron chi connectivity index (χ4n) is 3.70. The van der Waals surface area contributed by atoms with E-state index in [2.05, 4.69) is 10.4 Å². The summed E-state index contributed by atoms with van der Waals surface area (Å²) in [5.74, 6) is -3.31. The zero-order chi connectivity index (χ0) is 25.9. The second kappa shape index (κ2) is 10.0. The Labute approximate surface area is 202 Å². The van der Waals surface area contributed by atoms with Crippen LogP contribution in [0.4, 0.5) is 17.6 Å². The van der Waals surface area contributed by atoms with Gasteiger partial charge in [0.1, 0.15) is 11.9 Å². The number of carbonyl (C=O) groups is 2. The highest BCUT2D eigenvalue weighted by Gasteiger charge is 2.41. The van der Waals surface area contributed by atoms with Crippen LogP contribution in [-0.4, -0.2) is 32.8 Å². The minimum absolute atomic E-state index is 0.115. The van der Waals surface area contributed by atoms with Gasteiger partial charge in [0.05, 0.1) is 17.4 Å². The lowest BCUT2D eigenvalue weighted by Crippen LogP contribution is -2.42. The number of carboxylic acid groups (broad SMARTS) is 1. The Morgan fingerprint density at radius 2 is 1.53 bits per heavy atom. The highest BCUT2D eigenvalue weighted by atomic mass is 19.4. The third-order valence-electron chi connectivity index (χ3n) is 5.46. The molecule has 184 valence electrons. The van der Waals surface area contributed by atoms with Gasteiger partial charge >= 0.3 is 12.1 Å². The number of amides is 1. The van der Waals surface area contributed by atoms with Crippen molar-refractivity contribution < 1.29 is 32.3 Å². The maximum Gasteiger partial charge on any atom is 0.434 e. The molecule has 0 radical (unpaired) electrons. The van der Waals surface area contributed by atoms with Crippen LogP contribution in [0.25, 0.3) is 16.8 Å². The van der Waals surface area contributed by atoms with Crippen molar-refractivity contribution in [3.8, 4) is 16.8 Å². The summed E-state index contributed by atoms with van der Waals surface area (Å²) in [4.78, 5) is 24.6.